The number of nitrogens with zero attached hydrogens (tertiary/aromatic N) is 3. The van der Waals surface area contributed by atoms with Crippen molar-refractivity contribution in [1.82, 2.24) is 14.7 Å². The van der Waals surface area contributed by atoms with E-state index in [1.165, 1.54) is 5.39 Å². The topological polar surface area (TPSA) is 58.4 Å². The molecule has 0 amide bonds. The molecule has 1 aliphatic rings. The molecule has 1 atom stereocenters. The van der Waals surface area contributed by atoms with Crippen LogP contribution in [0, 0.1) is 11.8 Å². The number of hydrogen-bond donors (Lipinski definition) is 1. The predicted molar refractivity (Wildman–Crippen MR) is 76.3 cm³/mol. The number of aromatic nitrogens is 2. The summed E-state index contributed by atoms with van der Waals surface area (Å²) in [5, 5.41) is 14.8. The Balaban J connectivity index is 1.69. The van der Waals surface area contributed by atoms with Gasteiger partial charge in [-0.05, 0) is 12.0 Å². The molecule has 1 unspecified atom stereocenters. The van der Waals surface area contributed by atoms with Crippen molar-refractivity contribution in [3.8, 4) is 0 Å². The number of carboxylic acid groups (broad SMARTS) is 1. The smallest absolute Gasteiger partial charge is 0.306 e. The first-order valence-electron chi connectivity index (χ1n) is 6.92. The number of aliphatic carboxylic acids is 1. The highest BCUT2D eigenvalue weighted by Crippen LogP contribution is 2.27. The minimum absolute atomic E-state index is 0.258. The minimum atomic E-state index is -0.696. The summed E-state index contributed by atoms with van der Waals surface area (Å²) in [5.74, 6) is -0.688. The van der Waals surface area contributed by atoms with Crippen LogP contribution in [-0.2, 0) is 18.4 Å². The zero-order chi connectivity index (χ0) is 14.3. The standard InChI is InChI=1S/C15H19N3O2/c1-10(15(19)20)11-7-18(8-11)9-13-12-5-3-4-6-14(12)17(2)16-13/h3-6,10-11H,7-9H2,1-2H3,(H,19,20). The van der Waals surface area contributed by atoms with Gasteiger partial charge in [0.15, 0.2) is 0 Å². The van der Waals surface area contributed by atoms with Gasteiger partial charge < -0.3 is 5.11 Å². The zero-order valence-electron chi connectivity index (χ0n) is 11.8. The van der Waals surface area contributed by atoms with Crippen molar-refractivity contribution in [2.75, 3.05) is 13.1 Å². The van der Waals surface area contributed by atoms with Gasteiger partial charge in [0.25, 0.3) is 0 Å². The number of likely N-dealkylation sites (tertiary alicyclic amines) is 1. The number of carbonyl (C=O) groups is 1. The number of fused-ring (bicyclic) bond motifs is 1. The van der Waals surface area contributed by atoms with E-state index in [4.69, 9.17) is 5.11 Å². The second-order valence-electron chi connectivity index (χ2n) is 5.67. The van der Waals surface area contributed by atoms with Crippen molar-refractivity contribution >= 4 is 16.9 Å². The highest BCUT2D eigenvalue weighted by atomic mass is 16.4. The van der Waals surface area contributed by atoms with E-state index in [2.05, 4.69) is 22.1 Å². The van der Waals surface area contributed by atoms with E-state index in [-0.39, 0.29) is 11.8 Å². The van der Waals surface area contributed by atoms with Crippen molar-refractivity contribution in [3.05, 3.63) is 30.0 Å². The normalized spacial score (nSPS) is 18.1. The fourth-order valence-corrected chi connectivity index (χ4v) is 2.87. The lowest BCUT2D eigenvalue weighted by molar-refractivity contribution is -0.145. The van der Waals surface area contributed by atoms with Gasteiger partial charge in [0, 0.05) is 32.1 Å². The van der Waals surface area contributed by atoms with E-state index >= 15 is 0 Å². The summed E-state index contributed by atoms with van der Waals surface area (Å²) in [5.41, 5.74) is 2.21. The molecule has 2 heterocycles. The second kappa shape index (κ2) is 4.90. The molecule has 0 radical (unpaired) electrons. The van der Waals surface area contributed by atoms with Crippen LogP contribution in [0.2, 0.25) is 0 Å². The molecule has 0 aliphatic carbocycles. The first kappa shape index (κ1) is 13.1. The van der Waals surface area contributed by atoms with Gasteiger partial charge in [-0.25, -0.2) is 0 Å². The van der Waals surface area contributed by atoms with Crippen LogP contribution in [-0.4, -0.2) is 38.8 Å². The lowest BCUT2D eigenvalue weighted by atomic mass is 9.87. The number of carboxylic acids is 1. The zero-order valence-corrected chi connectivity index (χ0v) is 11.8. The molecule has 0 spiro atoms. The Morgan fingerprint density at radius 2 is 2.15 bits per heavy atom. The maximum Gasteiger partial charge on any atom is 0.306 e. The largest absolute Gasteiger partial charge is 0.481 e. The maximum absolute atomic E-state index is 10.9. The van der Waals surface area contributed by atoms with Crippen molar-refractivity contribution in [3.63, 3.8) is 0 Å². The van der Waals surface area contributed by atoms with E-state index in [0.29, 0.717) is 0 Å². The highest BCUT2D eigenvalue weighted by molar-refractivity contribution is 5.81. The van der Waals surface area contributed by atoms with E-state index < -0.39 is 5.97 Å². The number of hydrogen-bond acceptors (Lipinski definition) is 3. The molecule has 0 bridgehead atoms. The molecule has 5 heteroatoms. The summed E-state index contributed by atoms with van der Waals surface area (Å²) in [6, 6.07) is 8.20. The highest BCUT2D eigenvalue weighted by Gasteiger charge is 2.34. The van der Waals surface area contributed by atoms with Gasteiger partial charge in [-0.3, -0.25) is 14.4 Å². The van der Waals surface area contributed by atoms with Crippen molar-refractivity contribution in [2.45, 2.75) is 13.5 Å². The van der Waals surface area contributed by atoms with Gasteiger partial charge >= 0.3 is 5.97 Å². The summed E-state index contributed by atoms with van der Waals surface area (Å²) >= 11 is 0. The van der Waals surface area contributed by atoms with Crippen LogP contribution in [0.5, 0.6) is 0 Å². The summed E-state index contributed by atoms with van der Waals surface area (Å²) in [7, 11) is 1.96. The fourth-order valence-electron chi connectivity index (χ4n) is 2.87. The Morgan fingerprint density at radius 1 is 1.45 bits per heavy atom. The van der Waals surface area contributed by atoms with Crippen LogP contribution in [0.3, 0.4) is 0 Å². The van der Waals surface area contributed by atoms with Crippen molar-refractivity contribution in [2.24, 2.45) is 18.9 Å². The van der Waals surface area contributed by atoms with Gasteiger partial charge in [-0.1, -0.05) is 25.1 Å². The summed E-state index contributed by atoms with van der Waals surface area (Å²) in [6.07, 6.45) is 0. The maximum atomic E-state index is 10.9. The molecule has 2 aromatic rings. The fraction of sp³-hybridized carbons (Fsp3) is 0.467. The average molecular weight is 273 g/mol. The van der Waals surface area contributed by atoms with Crippen molar-refractivity contribution < 1.29 is 9.90 Å². The molecule has 1 N–H and O–H groups in total. The van der Waals surface area contributed by atoms with Crippen LogP contribution in [0.1, 0.15) is 12.6 Å². The number of benzene rings is 1. The number of rotatable bonds is 4. The van der Waals surface area contributed by atoms with Gasteiger partial charge in [-0.2, -0.15) is 5.10 Å². The summed E-state index contributed by atoms with van der Waals surface area (Å²) in [6.45, 7) is 4.28. The third-order valence-electron chi connectivity index (χ3n) is 4.29. The van der Waals surface area contributed by atoms with Crippen LogP contribution in [0.15, 0.2) is 24.3 Å². The molecule has 1 aliphatic heterocycles. The third-order valence-corrected chi connectivity index (χ3v) is 4.29. The van der Waals surface area contributed by atoms with Crippen LogP contribution in [0.4, 0.5) is 0 Å². The van der Waals surface area contributed by atoms with E-state index in [1.807, 2.05) is 23.9 Å². The quantitative estimate of drug-likeness (QED) is 0.921. The van der Waals surface area contributed by atoms with Gasteiger partial charge in [0.2, 0.25) is 0 Å². The van der Waals surface area contributed by atoms with Crippen LogP contribution in [0.25, 0.3) is 10.9 Å². The molecular weight excluding hydrogens is 254 g/mol. The summed E-state index contributed by atoms with van der Waals surface area (Å²) < 4.78 is 1.90. The third kappa shape index (κ3) is 2.18. The molecule has 0 saturated carbocycles. The Kier molecular flexibility index (Phi) is 3.22. The van der Waals surface area contributed by atoms with E-state index in [0.717, 1.165) is 30.8 Å². The lowest BCUT2D eigenvalue weighted by Crippen LogP contribution is -2.50. The average Bonchev–Trinajstić information content (AvgIpc) is 2.70. The second-order valence-corrected chi connectivity index (χ2v) is 5.67. The molecule has 1 fully saturated rings. The first-order chi connectivity index (χ1) is 9.56. The molecule has 5 nitrogen and oxygen atoms in total. The number of aryl methyl sites for hydroxylation is 1. The number of para-hydroxylation sites is 1. The molecule has 106 valence electrons. The minimum Gasteiger partial charge on any atom is -0.481 e. The molecule has 1 aromatic carbocycles. The molecular formula is C15H19N3O2. The monoisotopic (exact) mass is 273 g/mol. The summed E-state index contributed by atoms with van der Waals surface area (Å²) in [4.78, 5) is 13.2. The Morgan fingerprint density at radius 3 is 2.85 bits per heavy atom. The first-order valence-corrected chi connectivity index (χ1v) is 6.92. The van der Waals surface area contributed by atoms with Gasteiger partial charge in [-0.15, -0.1) is 0 Å². The van der Waals surface area contributed by atoms with Gasteiger partial charge in [0.05, 0.1) is 17.1 Å². The Labute approximate surface area is 117 Å². The molecule has 1 aromatic heterocycles. The Bertz CT molecular complexity index is 644. The molecule has 20 heavy (non-hydrogen) atoms. The lowest BCUT2D eigenvalue weighted by Gasteiger charge is -2.40. The van der Waals surface area contributed by atoms with E-state index in [1.54, 1.807) is 6.92 Å². The predicted octanol–water partition coefficient (Wildman–Crippen LogP) is 1.73. The Hall–Kier alpha value is -1.88. The molecule has 1 saturated heterocycles. The van der Waals surface area contributed by atoms with Crippen LogP contribution < -0.4 is 0 Å². The van der Waals surface area contributed by atoms with Crippen LogP contribution >= 0.6 is 0 Å². The van der Waals surface area contributed by atoms with E-state index in [9.17, 15) is 4.79 Å². The molecule has 3 rings (SSSR count). The van der Waals surface area contributed by atoms with Gasteiger partial charge in [0.1, 0.15) is 0 Å². The SMILES string of the molecule is CC(C(=O)O)C1CN(Cc2nn(C)c3ccccc23)C1. The van der Waals surface area contributed by atoms with Crippen molar-refractivity contribution in [1.29, 1.82) is 0 Å².